The predicted molar refractivity (Wildman–Crippen MR) is 79.8 cm³/mol. The van der Waals surface area contributed by atoms with Gasteiger partial charge in [0.2, 0.25) is 0 Å². The molecule has 0 radical (unpaired) electrons. The molecule has 2 rings (SSSR count). The van der Waals surface area contributed by atoms with Crippen LogP contribution in [0.2, 0.25) is 4.34 Å². The average Bonchev–Trinajstić information content (AvgIpc) is 2.85. The maximum Gasteiger partial charge on any atom is 0.339 e. The van der Waals surface area contributed by atoms with Gasteiger partial charge >= 0.3 is 5.97 Å². The van der Waals surface area contributed by atoms with Crippen LogP contribution in [0.5, 0.6) is 0 Å². The molecular formula is C14H12ClNO3S. The smallest absolute Gasteiger partial charge is 0.339 e. The van der Waals surface area contributed by atoms with Gasteiger partial charge in [-0.1, -0.05) is 17.7 Å². The number of methoxy groups -OCH3 is 1. The molecule has 4 nitrogen and oxygen atoms in total. The van der Waals surface area contributed by atoms with Crippen molar-refractivity contribution in [2.45, 2.75) is 6.92 Å². The molecule has 0 spiro atoms. The molecular weight excluding hydrogens is 298 g/mol. The first-order valence-corrected chi connectivity index (χ1v) is 6.96. The summed E-state index contributed by atoms with van der Waals surface area (Å²) < 4.78 is 5.23. The van der Waals surface area contributed by atoms with Gasteiger partial charge in [0, 0.05) is 0 Å². The first-order valence-electron chi connectivity index (χ1n) is 5.77. The summed E-state index contributed by atoms with van der Waals surface area (Å²) in [6.07, 6.45) is 0. The van der Waals surface area contributed by atoms with E-state index in [0.29, 0.717) is 20.5 Å². The van der Waals surface area contributed by atoms with Crippen LogP contribution in [0.3, 0.4) is 0 Å². The predicted octanol–water partition coefficient (Wildman–Crippen LogP) is 3.75. The second kappa shape index (κ2) is 6.07. The van der Waals surface area contributed by atoms with Crippen molar-refractivity contribution in [3.63, 3.8) is 0 Å². The number of hydrogen-bond acceptors (Lipinski definition) is 4. The molecule has 0 aliphatic rings. The van der Waals surface area contributed by atoms with E-state index in [2.05, 4.69) is 5.32 Å². The van der Waals surface area contributed by atoms with E-state index in [9.17, 15) is 9.59 Å². The highest BCUT2D eigenvalue weighted by Gasteiger charge is 2.16. The van der Waals surface area contributed by atoms with Gasteiger partial charge in [-0.05, 0) is 36.8 Å². The molecule has 0 atom stereocenters. The molecule has 1 amide bonds. The van der Waals surface area contributed by atoms with Gasteiger partial charge in [0.05, 0.1) is 27.6 Å². The number of benzene rings is 1. The second-order valence-electron chi connectivity index (χ2n) is 4.10. The van der Waals surface area contributed by atoms with Crippen molar-refractivity contribution in [1.82, 2.24) is 0 Å². The van der Waals surface area contributed by atoms with Gasteiger partial charge in [-0.2, -0.15) is 0 Å². The van der Waals surface area contributed by atoms with Gasteiger partial charge in [0.15, 0.2) is 0 Å². The molecule has 0 aliphatic heterocycles. The third-order valence-corrected chi connectivity index (χ3v) is 3.86. The number of carbonyl (C=O) groups excluding carboxylic acids is 2. The number of anilines is 1. The number of carbonyl (C=O) groups is 2. The Bertz CT molecular complexity index is 666. The number of amides is 1. The molecule has 0 fully saturated rings. The Morgan fingerprint density at radius 1 is 1.25 bits per heavy atom. The van der Waals surface area contributed by atoms with E-state index in [0.717, 1.165) is 5.56 Å². The van der Waals surface area contributed by atoms with Crippen molar-refractivity contribution in [3.8, 4) is 0 Å². The minimum absolute atomic E-state index is 0.308. The van der Waals surface area contributed by atoms with Crippen molar-refractivity contribution >= 4 is 40.5 Å². The van der Waals surface area contributed by atoms with E-state index in [1.165, 1.54) is 18.4 Å². The van der Waals surface area contributed by atoms with E-state index in [-0.39, 0.29) is 5.91 Å². The average molecular weight is 310 g/mol. The first-order chi connectivity index (χ1) is 9.51. The molecule has 0 saturated heterocycles. The molecule has 0 saturated carbocycles. The molecule has 0 unspecified atom stereocenters. The number of rotatable bonds is 3. The van der Waals surface area contributed by atoms with Gasteiger partial charge in [0.25, 0.3) is 5.91 Å². The highest BCUT2D eigenvalue weighted by molar-refractivity contribution is 7.18. The maximum absolute atomic E-state index is 12.1. The molecule has 1 N–H and O–H groups in total. The molecule has 2 aromatic rings. The van der Waals surface area contributed by atoms with Crippen LogP contribution in [-0.4, -0.2) is 19.0 Å². The van der Waals surface area contributed by atoms with Crippen LogP contribution >= 0.6 is 22.9 Å². The SMILES string of the molecule is COC(=O)c1ccc(C)cc1NC(=O)c1ccc(Cl)s1. The number of nitrogens with one attached hydrogen (secondary N) is 1. The molecule has 1 aromatic heterocycles. The van der Waals surface area contributed by atoms with Crippen molar-refractivity contribution in [3.05, 3.63) is 50.7 Å². The fourth-order valence-corrected chi connectivity index (χ4v) is 2.61. The molecule has 0 bridgehead atoms. The lowest BCUT2D eigenvalue weighted by atomic mass is 10.1. The van der Waals surface area contributed by atoms with Crippen LogP contribution in [0, 0.1) is 6.92 Å². The number of ether oxygens (including phenoxy) is 1. The van der Waals surface area contributed by atoms with E-state index in [1.807, 2.05) is 6.92 Å². The minimum Gasteiger partial charge on any atom is -0.465 e. The third-order valence-electron chi connectivity index (χ3n) is 2.63. The summed E-state index contributed by atoms with van der Waals surface area (Å²) in [4.78, 5) is 24.2. The van der Waals surface area contributed by atoms with Crippen molar-refractivity contribution < 1.29 is 14.3 Å². The second-order valence-corrected chi connectivity index (χ2v) is 5.81. The van der Waals surface area contributed by atoms with E-state index in [4.69, 9.17) is 16.3 Å². The number of aryl methyl sites for hydroxylation is 1. The summed E-state index contributed by atoms with van der Waals surface area (Å²) in [5, 5.41) is 2.71. The first kappa shape index (κ1) is 14.6. The van der Waals surface area contributed by atoms with Gasteiger partial charge in [-0.25, -0.2) is 4.79 Å². The summed E-state index contributed by atoms with van der Waals surface area (Å²) in [6.45, 7) is 1.87. The Morgan fingerprint density at radius 3 is 2.60 bits per heavy atom. The standard InChI is InChI=1S/C14H12ClNO3S/c1-8-3-4-9(14(18)19-2)10(7-8)16-13(17)11-5-6-12(15)20-11/h3-7H,1-2H3,(H,16,17). The number of thiophene rings is 1. The van der Waals surface area contributed by atoms with Gasteiger partial charge < -0.3 is 10.1 Å². The van der Waals surface area contributed by atoms with Gasteiger partial charge in [-0.3, -0.25) is 4.79 Å². The topological polar surface area (TPSA) is 55.4 Å². The Labute approximate surface area is 125 Å². The van der Waals surface area contributed by atoms with Crippen LogP contribution in [0.4, 0.5) is 5.69 Å². The van der Waals surface area contributed by atoms with Crippen LogP contribution in [0.15, 0.2) is 30.3 Å². The van der Waals surface area contributed by atoms with E-state index < -0.39 is 5.97 Å². The Kier molecular flexibility index (Phi) is 4.42. The van der Waals surface area contributed by atoms with Gasteiger partial charge in [0.1, 0.15) is 0 Å². The monoisotopic (exact) mass is 309 g/mol. The minimum atomic E-state index is -0.496. The highest BCUT2D eigenvalue weighted by Crippen LogP contribution is 2.24. The molecule has 1 heterocycles. The summed E-state index contributed by atoms with van der Waals surface area (Å²) >= 11 is 6.98. The van der Waals surface area contributed by atoms with Crippen LogP contribution < -0.4 is 5.32 Å². The lowest BCUT2D eigenvalue weighted by Crippen LogP contribution is -2.14. The van der Waals surface area contributed by atoms with Crippen molar-refractivity contribution in [2.75, 3.05) is 12.4 Å². The largest absolute Gasteiger partial charge is 0.465 e. The van der Waals surface area contributed by atoms with E-state index in [1.54, 1.807) is 30.3 Å². The summed E-state index contributed by atoms with van der Waals surface area (Å²) in [5.74, 6) is -0.804. The summed E-state index contributed by atoms with van der Waals surface area (Å²) in [6, 6.07) is 8.41. The number of hydrogen-bond donors (Lipinski definition) is 1. The van der Waals surface area contributed by atoms with Crippen LogP contribution in [0.1, 0.15) is 25.6 Å². The zero-order chi connectivity index (χ0) is 14.7. The zero-order valence-electron chi connectivity index (χ0n) is 10.9. The summed E-state index contributed by atoms with van der Waals surface area (Å²) in [5.41, 5.74) is 1.66. The normalized spacial score (nSPS) is 10.2. The zero-order valence-corrected chi connectivity index (χ0v) is 12.5. The maximum atomic E-state index is 12.1. The fourth-order valence-electron chi connectivity index (χ4n) is 1.67. The number of halogens is 1. The molecule has 0 aliphatic carbocycles. The lowest BCUT2D eigenvalue weighted by Gasteiger charge is -2.10. The molecule has 20 heavy (non-hydrogen) atoms. The van der Waals surface area contributed by atoms with E-state index >= 15 is 0 Å². The van der Waals surface area contributed by atoms with Crippen molar-refractivity contribution in [2.24, 2.45) is 0 Å². The Balaban J connectivity index is 2.30. The van der Waals surface area contributed by atoms with Gasteiger partial charge in [-0.15, -0.1) is 11.3 Å². The number of esters is 1. The van der Waals surface area contributed by atoms with Crippen LogP contribution in [-0.2, 0) is 4.74 Å². The third kappa shape index (κ3) is 3.18. The quantitative estimate of drug-likeness (QED) is 0.879. The van der Waals surface area contributed by atoms with Crippen molar-refractivity contribution in [1.29, 1.82) is 0 Å². The molecule has 104 valence electrons. The summed E-state index contributed by atoms with van der Waals surface area (Å²) in [7, 11) is 1.30. The highest BCUT2D eigenvalue weighted by atomic mass is 35.5. The molecule has 6 heteroatoms. The fraction of sp³-hybridized carbons (Fsp3) is 0.143. The van der Waals surface area contributed by atoms with Crippen LogP contribution in [0.25, 0.3) is 0 Å². The molecule has 1 aromatic carbocycles. The lowest BCUT2D eigenvalue weighted by molar-refractivity contribution is 0.0602. The Morgan fingerprint density at radius 2 is 2.00 bits per heavy atom. The Hall–Kier alpha value is -1.85.